The molecule has 1 rings (SSSR count). The topological polar surface area (TPSA) is 26.3 Å². The van der Waals surface area contributed by atoms with Gasteiger partial charge in [-0.15, -0.1) is 0 Å². The van der Waals surface area contributed by atoms with Gasteiger partial charge in [0.2, 0.25) is 0 Å². The molecule has 2 nitrogen and oxygen atoms in total. The van der Waals surface area contributed by atoms with Crippen molar-refractivity contribution in [3.8, 4) is 0 Å². The van der Waals surface area contributed by atoms with Crippen LogP contribution in [-0.4, -0.2) is 19.3 Å². The van der Waals surface area contributed by atoms with E-state index >= 15 is 0 Å². The molecule has 0 aliphatic carbocycles. The van der Waals surface area contributed by atoms with Crippen molar-refractivity contribution in [1.29, 1.82) is 0 Å². The second kappa shape index (κ2) is 5.00. The Balaban J connectivity index is 2.95. The van der Waals surface area contributed by atoms with E-state index < -0.39 is 11.8 Å². The van der Waals surface area contributed by atoms with Gasteiger partial charge >= 0.3 is 5.97 Å². The van der Waals surface area contributed by atoms with Crippen LogP contribution in [0, 0.1) is 5.82 Å². The molecule has 0 fully saturated rings. The van der Waals surface area contributed by atoms with Crippen LogP contribution in [0.3, 0.4) is 0 Å². The molecule has 1 aromatic rings. The Kier molecular flexibility index (Phi) is 3.95. The first-order chi connectivity index (χ1) is 6.69. The Labute approximate surface area is 86.5 Å². The number of halogens is 1. The summed E-state index contributed by atoms with van der Waals surface area (Å²) in [6.07, 6.45) is 1.94. The average Bonchev–Trinajstić information content (AvgIpc) is 2.17. The number of benzene rings is 1. The predicted octanol–water partition coefficient (Wildman–Crippen LogP) is 2.48. The second-order valence-corrected chi connectivity index (χ2v) is 3.60. The highest BCUT2D eigenvalue weighted by Gasteiger charge is 2.11. The zero-order valence-corrected chi connectivity index (χ0v) is 8.86. The van der Waals surface area contributed by atoms with Crippen LogP contribution in [0.15, 0.2) is 18.2 Å². The molecule has 0 saturated heterocycles. The molecule has 0 N–H and O–H groups in total. The molecule has 1 aromatic carbocycles. The largest absolute Gasteiger partial charge is 0.465 e. The lowest BCUT2D eigenvalue weighted by atomic mass is 10.1. The molecule has 14 heavy (non-hydrogen) atoms. The van der Waals surface area contributed by atoms with E-state index in [-0.39, 0.29) is 5.56 Å². The summed E-state index contributed by atoms with van der Waals surface area (Å²) in [7, 11) is 1.23. The highest BCUT2D eigenvalue weighted by atomic mass is 32.2. The van der Waals surface area contributed by atoms with Crippen LogP contribution >= 0.6 is 11.8 Å². The molecule has 76 valence electrons. The highest BCUT2D eigenvalue weighted by molar-refractivity contribution is 7.97. The second-order valence-electron chi connectivity index (χ2n) is 2.74. The van der Waals surface area contributed by atoms with Gasteiger partial charge in [0.15, 0.2) is 0 Å². The zero-order chi connectivity index (χ0) is 10.6. The molecule has 0 amide bonds. The monoisotopic (exact) mass is 214 g/mol. The summed E-state index contributed by atoms with van der Waals surface area (Å²) in [6.45, 7) is 0. The molecule has 0 aliphatic heterocycles. The van der Waals surface area contributed by atoms with Crippen molar-refractivity contribution in [2.75, 3.05) is 13.4 Å². The maximum absolute atomic E-state index is 13.3. The molecule has 0 spiro atoms. The third-order valence-electron chi connectivity index (χ3n) is 1.75. The molecule has 0 atom stereocenters. The molecule has 4 heteroatoms. The van der Waals surface area contributed by atoms with Crippen LogP contribution < -0.4 is 0 Å². The lowest BCUT2D eigenvalue weighted by Crippen LogP contribution is -2.04. The molecule has 0 saturated carbocycles. The standard InChI is InChI=1S/C10H11FO2S/c1-13-10(12)8-4-3-7(6-14-2)5-9(8)11/h3-5H,6H2,1-2H3. The van der Waals surface area contributed by atoms with Crippen LogP contribution in [0.2, 0.25) is 0 Å². The van der Waals surface area contributed by atoms with Gasteiger partial charge in [0, 0.05) is 5.75 Å². The van der Waals surface area contributed by atoms with Gasteiger partial charge in [-0.2, -0.15) is 11.8 Å². The maximum Gasteiger partial charge on any atom is 0.340 e. The van der Waals surface area contributed by atoms with Crippen molar-refractivity contribution >= 4 is 17.7 Å². The van der Waals surface area contributed by atoms with E-state index in [0.717, 1.165) is 11.3 Å². The Morgan fingerprint density at radius 2 is 2.29 bits per heavy atom. The number of carbonyl (C=O) groups is 1. The molecule has 0 heterocycles. The minimum Gasteiger partial charge on any atom is -0.465 e. The fraction of sp³-hybridized carbons (Fsp3) is 0.300. The van der Waals surface area contributed by atoms with Crippen LogP contribution in [0.1, 0.15) is 15.9 Å². The van der Waals surface area contributed by atoms with Gasteiger partial charge in [0.25, 0.3) is 0 Å². The van der Waals surface area contributed by atoms with E-state index in [2.05, 4.69) is 4.74 Å². The summed E-state index contributed by atoms with van der Waals surface area (Å²) in [4.78, 5) is 11.0. The Morgan fingerprint density at radius 3 is 2.79 bits per heavy atom. The lowest BCUT2D eigenvalue weighted by Gasteiger charge is -2.03. The number of carbonyl (C=O) groups excluding carboxylic acids is 1. The average molecular weight is 214 g/mol. The highest BCUT2D eigenvalue weighted by Crippen LogP contribution is 2.15. The first-order valence-corrected chi connectivity index (χ1v) is 5.44. The van der Waals surface area contributed by atoms with Crippen molar-refractivity contribution < 1.29 is 13.9 Å². The zero-order valence-electron chi connectivity index (χ0n) is 8.04. The van der Waals surface area contributed by atoms with Gasteiger partial charge in [-0.3, -0.25) is 0 Å². The summed E-state index contributed by atoms with van der Waals surface area (Å²) in [6, 6.07) is 4.54. The Hall–Kier alpha value is -1.03. The van der Waals surface area contributed by atoms with Crippen LogP contribution in [0.5, 0.6) is 0 Å². The Bertz CT molecular complexity index is 339. The lowest BCUT2D eigenvalue weighted by molar-refractivity contribution is 0.0595. The number of thioether (sulfide) groups is 1. The van der Waals surface area contributed by atoms with Crippen LogP contribution in [0.25, 0.3) is 0 Å². The molecule has 0 unspecified atom stereocenters. The summed E-state index contributed by atoms with van der Waals surface area (Å²) >= 11 is 1.60. The van der Waals surface area contributed by atoms with E-state index in [9.17, 15) is 9.18 Å². The summed E-state index contributed by atoms with van der Waals surface area (Å²) in [5, 5.41) is 0. The molecular formula is C10H11FO2S. The first kappa shape index (κ1) is 11.0. The molecule has 0 bridgehead atoms. The van der Waals surface area contributed by atoms with Gasteiger partial charge in [-0.05, 0) is 24.0 Å². The molecule has 0 aromatic heterocycles. The van der Waals surface area contributed by atoms with E-state index in [1.165, 1.54) is 19.2 Å². The minimum atomic E-state index is -0.641. The fourth-order valence-corrected chi connectivity index (χ4v) is 1.60. The SMILES string of the molecule is COC(=O)c1ccc(CSC)cc1F. The number of hydrogen-bond donors (Lipinski definition) is 0. The summed E-state index contributed by atoms with van der Waals surface area (Å²) < 4.78 is 17.7. The van der Waals surface area contributed by atoms with E-state index in [4.69, 9.17) is 0 Å². The van der Waals surface area contributed by atoms with E-state index in [1.807, 2.05) is 6.26 Å². The first-order valence-electron chi connectivity index (χ1n) is 4.04. The Morgan fingerprint density at radius 1 is 1.57 bits per heavy atom. The third-order valence-corrected chi connectivity index (χ3v) is 2.37. The molecule has 0 aliphatic rings. The van der Waals surface area contributed by atoms with Crippen LogP contribution in [0.4, 0.5) is 4.39 Å². The number of hydrogen-bond acceptors (Lipinski definition) is 3. The quantitative estimate of drug-likeness (QED) is 0.723. The van der Waals surface area contributed by atoms with E-state index in [1.54, 1.807) is 17.8 Å². The number of rotatable bonds is 3. The number of methoxy groups -OCH3 is 1. The summed E-state index contributed by atoms with van der Waals surface area (Å²) in [5.74, 6) is -0.431. The smallest absolute Gasteiger partial charge is 0.340 e. The summed E-state index contributed by atoms with van der Waals surface area (Å²) in [5.41, 5.74) is 0.847. The van der Waals surface area contributed by atoms with E-state index in [0.29, 0.717) is 0 Å². The third kappa shape index (κ3) is 2.48. The van der Waals surface area contributed by atoms with Crippen molar-refractivity contribution in [3.63, 3.8) is 0 Å². The number of esters is 1. The number of ether oxygens (including phenoxy) is 1. The van der Waals surface area contributed by atoms with Gasteiger partial charge in [0.1, 0.15) is 5.82 Å². The van der Waals surface area contributed by atoms with Crippen LogP contribution in [-0.2, 0) is 10.5 Å². The maximum atomic E-state index is 13.3. The van der Waals surface area contributed by atoms with Gasteiger partial charge in [0.05, 0.1) is 12.7 Å². The normalized spacial score (nSPS) is 9.93. The van der Waals surface area contributed by atoms with Gasteiger partial charge < -0.3 is 4.74 Å². The fourth-order valence-electron chi connectivity index (χ4n) is 1.09. The minimum absolute atomic E-state index is 0.0163. The van der Waals surface area contributed by atoms with Crippen molar-refractivity contribution in [2.45, 2.75) is 5.75 Å². The molecular weight excluding hydrogens is 203 g/mol. The van der Waals surface area contributed by atoms with Crippen molar-refractivity contribution in [3.05, 3.63) is 35.1 Å². The molecule has 0 radical (unpaired) electrons. The van der Waals surface area contributed by atoms with Crippen molar-refractivity contribution in [1.82, 2.24) is 0 Å². The van der Waals surface area contributed by atoms with Crippen molar-refractivity contribution in [2.24, 2.45) is 0 Å². The van der Waals surface area contributed by atoms with Gasteiger partial charge in [-0.1, -0.05) is 6.07 Å². The van der Waals surface area contributed by atoms with Gasteiger partial charge in [-0.25, -0.2) is 9.18 Å². The predicted molar refractivity (Wildman–Crippen MR) is 55.0 cm³/mol.